The Balaban J connectivity index is 1.57. The number of rotatable bonds is 5. The van der Waals surface area contributed by atoms with Crippen LogP contribution in [0.15, 0.2) is 64.2 Å². The van der Waals surface area contributed by atoms with E-state index in [-0.39, 0.29) is 11.2 Å². The van der Waals surface area contributed by atoms with Gasteiger partial charge in [-0.1, -0.05) is 48.9 Å². The van der Waals surface area contributed by atoms with Crippen LogP contribution in [0.4, 0.5) is 11.6 Å². The first-order valence-corrected chi connectivity index (χ1v) is 11.6. The molecule has 33 heavy (non-hydrogen) atoms. The van der Waals surface area contributed by atoms with E-state index in [9.17, 15) is 9.59 Å². The van der Waals surface area contributed by atoms with Crippen LogP contribution in [0.2, 0.25) is 5.02 Å². The van der Waals surface area contributed by atoms with E-state index >= 15 is 0 Å². The molecular weight excluding hydrogens is 438 g/mol. The number of nitrogens with zero attached hydrogens (tertiary/aromatic N) is 5. The van der Waals surface area contributed by atoms with Gasteiger partial charge in [0.1, 0.15) is 0 Å². The van der Waals surface area contributed by atoms with Crippen molar-refractivity contribution < 1.29 is 0 Å². The van der Waals surface area contributed by atoms with Crippen LogP contribution in [0.5, 0.6) is 0 Å². The molecule has 0 radical (unpaired) electrons. The number of anilines is 2. The van der Waals surface area contributed by atoms with E-state index in [0.29, 0.717) is 47.6 Å². The Morgan fingerprint density at radius 2 is 1.76 bits per heavy atom. The fraction of sp³-hybridized carbons (Fsp3) is 0.320. The first-order chi connectivity index (χ1) is 15.9. The molecule has 4 aromatic rings. The van der Waals surface area contributed by atoms with Gasteiger partial charge < -0.3 is 9.47 Å². The number of benzene rings is 2. The van der Waals surface area contributed by atoms with Crippen molar-refractivity contribution in [3.05, 3.63) is 86.0 Å². The second-order valence-electron chi connectivity index (χ2n) is 8.77. The summed E-state index contributed by atoms with van der Waals surface area (Å²) in [5.74, 6) is 0.980. The van der Waals surface area contributed by atoms with Gasteiger partial charge in [-0.25, -0.2) is 4.79 Å². The third kappa shape index (κ3) is 3.86. The predicted octanol–water partition coefficient (Wildman–Crippen LogP) is 3.97. The molecule has 0 bridgehead atoms. The number of aryl methyl sites for hydroxylation is 2. The monoisotopic (exact) mass is 463 g/mol. The summed E-state index contributed by atoms with van der Waals surface area (Å²) in [5.41, 5.74) is 2.45. The molecule has 0 saturated carbocycles. The van der Waals surface area contributed by atoms with Crippen molar-refractivity contribution in [1.82, 2.24) is 18.7 Å². The molecule has 3 heterocycles. The average molecular weight is 464 g/mol. The molecule has 1 atom stereocenters. The summed E-state index contributed by atoms with van der Waals surface area (Å²) in [4.78, 5) is 33.4. The van der Waals surface area contributed by atoms with Gasteiger partial charge >= 0.3 is 5.69 Å². The SMILES string of the molecule is C[C@H]1CN(c2ccc(Cl)cc2)c2nc3c(c(=O)n(CCCc4ccccc4)c(=O)n3C)n2C1. The first-order valence-electron chi connectivity index (χ1n) is 11.2. The van der Waals surface area contributed by atoms with Gasteiger partial charge in [-0.3, -0.25) is 13.9 Å². The first kappa shape index (κ1) is 21.5. The molecule has 1 aliphatic heterocycles. The standard InChI is InChI=1S/C25H26ClN5O2/c1-17-15-30(20-12-10-19(26)11-13-20)24-27-22-21(31(24)16-17)23(32)29(25(33)28(22)2)14-6-9-18-7-4-3-5-8-18/h3-5,7-8,10-13,17H,6,9,14-16H2,1-2H3/t17-/m0/s1. The minimum atomic E-state index is -0.331. The maximum atomic E-state index is 13.5. The number of fused-ring (bicyclic) bond motifs is 3. The fourth-order valence-electron chi connectivity index (χ4n) is 4.63. The molecule has 2 aromatic carbocycles. The lowest BCUT2D eigenvalue weighted by Gasteiger charge is -2.33. The lowest BCUT2D eigenvalue weighted by Crippen LogP contribution is -2.40. The molecule has 7 nitrogen and oxygen atoms in total. The molecule has 170 valence electrons. The van der Waals surface area contributed by atoms with E-state index < -0.39 is 0 Å². The van der Waals surface area contributed by atoms with Crippen molar-refractivity contribution in [3.8, 4) is 0 Å². The summed E-state index contributed by atoms with van der Waals surface area (Å²) in [7, 11) is 1.69. The number of hydrogen-bond acceptors (Lipinski definition) is 4. The van der Waals surface area contributed by atoms with Crippen molar-refractivity contribution in [2.24, 2.45) is 13.0 Å². The molecular formula is C25H26ClN5O2. The number of hydrogen-bond donors (Lipinski definition) is 0. The Labute approximate surface area is 196 Å². The summed E-state index contributed by atoms with van der Waals surface area (Å²) in [6, 6.07) is 17.7. The molecule has 0 fully saturated rings. The van der Waals surface area contributed by atoms with Crippen LogP contribution in [0.25, 0.3) is 11.2 Å². The summed E-state index contributed by atoms with van der Waals surface area (Å²) < 4.78 is 4.81. The molecule has 0 unspecified atom stereocenters. The second-order valence-corrected chi connectivity index (χ2v) is 9.21. The highest BCUT2D eigenvalue weighted by molar-refractivity contribution is 6.30. The van der Waals surface area contributed by atoms with Crippen LogP contribution in [-0.2, 0) is 26.6 Å². The maximum absolute atomic E-state index is 13.5. The van der Waals surface area contributed by atoms with Gasteiger partial charge in [-0.2, -0.15) is 4.98 Å². The van der Waals surface area contributed by atoms with Crippen molar-refractivity contribution in [2.45, 2.75) is 32.9 Å². The summed E-state index contributed by atoms with van der Waals surface area (Å²) in [6.07, 6.45) is 1.51. The normalized spacial score (nSPS) is 15.7. The van der Waals surface area contributed by atoms with Crippen molar-refractivity contribution in [1.29, 1.82) is 0 Å². The smallest absolute Gasteiger partial charge is 0.312 e. The fourth-order valence-corrected chi connectivity index (χ4v) is 4.75. The topological polar surface area (TPSA) is 65.1 Å². The highest BCUT2D eigenvalue weighted by Crippen LogP contribution is 2.33. The Hall–Kier alpha value is -3.32. The van der Waals surface area contributed by atoms with Gasteiger partial charge in [0.05, 0.1) is 0 Å². The van der Waals surface area contributed by atoms with Crippen LogP contribution in [-0.4, -0.2) is 25.2 Å². The molecule has 0 spiro atoms. The molecule has 0 saturated heterocycles. The minimum Gasteiger partial charge on any atom is -0.312 e. The number of aromatic nitrogens is 4. The summed E-state index contributed by atoms with van der Waals surface area (Å²) in [5, 5.41) is 0.665. The molecule has 0 amide bonds. The van der Waals surface area contributed by atoms with Crippen molar-refractivity contribution >= 4 is 34.4 Å². The van der Waals surface area contributed by atoms with E-state index in [1.54, 1.807) is 7.05 Å². The number of halogens is 1. The number of imidazole rings is 1. The minimum absolute atomic E-state index is 0.273. The lowest BCUT2D eigenvalue weighted by molar-refractivity contribution is 0.457. The van der Waals surface area contributed by atoms with Crippen LogP contribution in [0.1, 0.15) is 18.9 Å². The largest absolute Gasteiger partial charge is 0.332 e. The quantitative estimate of drug-likeness (QED) is 0.449. The highest BCUT2D eigenvalue weighted by atomic mass is 35.5. The predicted molar refractivity (Wildman–Crippen MR) is 132 cm³/mol. The van der Waals surface area contributed by atoms with Gasteiger partial charge in [0.25, 0.3) is 5.56 Å². The van der Waals surface area contributed by atoms with E-state index in [1.807, 2.05) is 47.0 Å². The Morgan fingerprint density at radius 3 is 2.48 bits per heavy atom. The third-order valence-electron chi connectivity index (χ3n) is 6.27. The van der Waals surface area contributed by atoms with Crippen LogP contribution in [0, 0.1) is 5.92 Å². The zero-order chi connectivity index (χ0) is 23.1. The maximum Gasteiger partial charge on any atom is 0.332 e. The van der Waals surface area contributed by atoms with E-state index in [2.05, 4.69) is 24.0 Å². The molecule has 1 aliphatic rings. The van der Waals surface area contributed by atoms with Gasteiger partial charge in [0, 0.05) is 37.4 Å². The molecule has 8 heteroatoms. The van der Waals surface area contributed by atoms with E-state index in [0.717, 1.165) is 18.7 Å². The van der Waals surface area contributed by atoms with Crippen molar-refractivity contribution in [2.75, 3.05) is 11.4 Å². The zero-order valence-electron chi connectivity index (χ0n) is 18.7. The van der Waals surface area contributed by atoms with Crippen LogP contribution >= 0.6 is 11.6 Å². The van der Waals surface area contributed by atoms with Crippen molar-refractivity contribution in [3.63, 3.8) is 0 Å². The molecule has 2 aromatic heterocycles. The van der Waals surface area contributed by atoms with Gasteiger partial charge in [-0.15, -0.1) is 0 Å². The highest BCUT2D eigenvalue weighted by Gasteiger charge is 2.29. The average Bonchev–Trinajstić information content (AvgIpc) is 3.20. The van der Waals surface area contributed by atoms with Gasteiger partial charge in [0.15, 0.2) is 11.2 Å². The molecule has 0 N–H and O–H groups in total. The van der Waals surface area contributed by atoms with E-state index in [4.69, 9.17) is 16.6 Å². The van der Waals surface area contributed by atoms with Gasteiger partial charge in [-0.05, 0) is 48.6 Å². The second kappa shape index (κ2) is 8.56. The van der Waals surface area contributed by atoms with E-state index in [1.165, 1.54) is 14.7 Å². The molecule has 5 rings (SSSR count). The zero-order valence-corrected chi connectivity index (χ0v) is 19.5. The molecule has 0 aliphatic carbocycles. The third-order valence-corrected chi connectivity index (χ3v) is 6.52. The van der Waals surface area contributed by atoms with Crippen LogP contribution < -0.4 is 16.1 Å². The van der Waals surface area contributed by atoms with Gasteiger partial charge in [0.2, 0.25) is 5.95 Å². The summed E-state index contributed by atoms with van der Waals surface area (Å²) in [6.45, 7) is 3.96. The van der Waals surface area contributed by atoms with Crippen LogP contribution in [0.3, 0.4) is 0 Å². The Kier molecular flexibility index (Phi) is 5.58. The Morgan fingerprint density at radius 1 is 1.03 bits per heavy atom. The lowest BCUT2D eigenvalue weighted by atomic mass is 10.1. The Bertz CT molecular complexity index is 1420. The summed E-state index contributed by atoms with van der Waals surface area (Å²) >= 11 is 6.08.